The summed E-state index contributed by atoms with van der Waals surface area (Å²) in [5.74, 6) is -0.168. The molecule has 1 aliphatic carbocycles. The molecule has 1 saturated carbocycles. The van der Waals surface area contributed by atoms with E-state index in [4.69, 9.17) is 4.74 Å². The van der Waals surface area contributed by atoms with Crippen LogP contribution in [0.4, 0.5) is 0 Å². The number of nitrogens with zero attached hydrogens (tertiary/aromatic N) is 3. The Labute approximate surface area is 124 Å². The molecule has 0 unspecified atom stereocenters. The molecule has 1 amide bonds. The molecule has 0 atom stereocenters. The number of piperidine rings is 1. The standard InChI is InChI=1S/C14H23N5O2/c1-21-14(5-2-6-14)10-16-13(20)12-9-19(18-17-12)11-3-7-15-8-4-11/h9,11,15H,2-8,10H2,1H3,(H,16,20). The molecule has 1 saturated heterocycles. The van der Waals surface area contributed by atoms with Crippen molar-refractivity contribution in [2.45, 2.75) is 43.7 Å². The first kappa shape index (κ1) is 14.5. The first-order valence-corrected chi connectivity index (χ1v) is 7.68. The molecule has 0 bridgehead atoms. The number of amides is 1. The van der Waals surface area contributed by atoms with Crippen molar-refractivity contribution in [2.24, 2.45) is 0 Å². The Bertz CT molecular complexity index is 486. The first-order chi connectivity index (χ1) is 10.2. The van der Waals surface area contributed by atoms with Crippen LogP contribution in [0.3, 0.4) is 0 Å². The number of methoxy groups -OCH3 is 1. The predicted octanol–water partition coefficient (Wildman–Crippen LogP) is 0.501. The summed E-state index contributed by atoms with van der Waals surface area (Å²) in [7, 11) is 1.71. The summed E-state index contributed by atoms with van der Waals surface area (Å²) >= 11 is 0. The van der Waals surface area contributed by atoms with Crippen molar-refractivity contribution >= 4 is 5.91 Å². The van der Waals surface area contributed by atoms with Gasteiger partial charge < -0.3 is 15.4 Å². The highest BCUT2D eigenvalue weighted by Crippen LogP contribution is 2.34. The van der Waals surface area contributed by atoms with Crippen molar-refractivity contribution in [2.75, 3.05) is 26.7 Å². The van der Waals surface area contributed by atoms with Gasteiger partial charge in [0.1, 0.15) is 0 Å². The lowest BCUT2D eigenvalue weighted by Gasteiger charge is -2.40. The van der Waals surface area contributed by atoms with Crippen molar-refractivity contribution in [1.82, 2.24) is 25.6 Å². The van der Waals surface area contributed by atoms with Crippen LogP contribution in [-0.2, 0) is 4.74 Å². The maximum atomic E-state index is 12.1. The molecular weight excluding hydrogens is 270 g/mol. The summed E-state index contributed by atoms with van der Waals surface area (Å²) in [6.45, 7) is 2.52. The molecule has 7 nitrogen and oxygen atoms in total. The Morgan fingerprint density at radius 2 is 2.29 bits per heavy atom. The minimum atomic E-state index is -0.168. The van der Waals surface area contributed by atoms with E-state index in [2.05, 4.69) is 20.9 Å². The van der Waals surface area contributed by atoms with Gasteiger partial charge in [-0.1, -0.05) is 5.21 Å². The quantitative estimate of drug-likeness (QED) is 0.826. The number of rotatable bonds is 5. The van der Waals surface area contributed by atoms with Gasteiger partial charge in [-0.25, -0.2) is 4.68 Å². The van der Waals surface area contributed by atoms with Crippen LogP contribution in [0.15, 0.2) is 6.20 Å². The van der Waals surface area contributed by atoms with Crippen molar-refractivity contribution in [3.05, 3.63) is 11.9 Å². The van der Waals surface area contributed by atoms with E-state index >= 15 is 0 Å². The Balaban J connectivity index is 1.56. The van der Waals surface area contributed by atoms with Gasteiger partial charge in [0.05, 0.1) is 17.8 Å². The van der Waals surface area contributed by atoms with Crippen molar-refractivity contribution in [3.8, 4) is 0 Å². The fraction of sp³-hybridized carbons (Fsp3) is 0.786. The van der Waals surface area contributed by atoms with E-state index in [1.165, 1.54) is 0 Å². The molecule has 21 heavy (non-hydrogen) atoms. The normalized spacial score (nSPS) is 21.8. The molecule has 2 aliphatic rings. The number of carbonyl (C=O) groups excluding carboxylic acids is 1. The van der Waals surface area contributed by atoms with Gasteiger partial charge in [-0.15, -0.1) is 5.10 Å². The number of aromatic nitrogens is 3. The molecular formula is C14H23N5O2. The zero-order valence-corrected chi connectivity index (χ0v) is 12.5. The zero-order chi connectivity index (χ0) is 14.7. The Morgan fingerprint density at radius 1 is 1.52 bits per heavy atom. The summed E-state index contributed by atoms with van der Waals surface area (Å²) in [6.07, 6.45) is 6.98. The minimum absolute atomic E-state index is 0.166. The predicted molar refractivity (Wildman–Crippen MR) is 77.1 cm³/mol. The number of ether oxygens (including phenoxy) is 1. The molecule has 0 radical (unpaired) electrons. The molecule has 7 heteroatoms. The van der Waals surface area contributed by atoms with Gasteiger partial charge in [0.2, 0.25) is 0 Å². The highest BCUT2D eigenvalue weighted by molar-refractivity contribution is 5.91. The lowest BCUT2D eigenvalue weighted by Crippen LogP contribution is -2.49. The van der Waals surface area contributed by atoms with E-state index in [1.807, 2.05) is 4.68 Å². The third kappa shape index (κ3) is 3.08. The second-order valence-corrected chi connectivity index (χ2v) is 5.99. The third-order valence-corrected chi connectivity index (χ3v) is 4.69. The molecule has 1 aromatic rings. The highest BCUT2D eigenvalue weighted by atomic mass is 16.5. The van der Waals surface area contributed by atoms with Crippen LogP contribution in [0.25, 0.3) is 0 Å². The lowest BCUT2D eigenvalue weighted by molar-refractivity contribution is -0.0679. The average molecular weight is 293 g/mol. The fourth-order valence-corrected chi connectivity index (χ4v) is 2.99. The van der Waals surface area contributed by atoms with Crippen LogP contribution >= 0.6 is 0 Å². The smallest absolute Gasteiger partial charge is 0.273 e. The number of nitrogens with one attached hydrogen (secondary N) is 2. The monoisotopic (exact) mass is 293 g/mol. The summed E-state index contributed by atoms with van der Waals surface area (Å²) in [6, 6.07) is 0.345. The first-order valence-electron chi connectivity index (χ1n) is 7.68. The summed E-state index contributed by atoms with van der Waals surface area (Å²) in [5, 5.41) is 14.3. The van der Waals surface area contributed by atoms with Gasteiger partial charge in [0.25, 0.3) is 5.91 Å². The highest BCUT2D eigenvalue weighted by Gasteiger charge is 2.37. The van der Waals surface area contributed by atoms with Crippen LogP contribution in [-0.4, -0.2) is 53.2 Å². The van der Waals surface area contributed by atoms with Crippen molar-refractivity contribution in [3.63, 3.8) is 0 Å². The van der Waals surface area contributed by atoms with E-state index in [0.29, 0.717) is 18.3 Å². The van der Waals surface area contributed by atoms with Crippen molar-refractivity contribution in [1.29, 1.82) is 0 Å². The van der Waals surface area contributed by atoms with E-state index in [0.717, 1.165) is 45.2 Å². The molecule has 2 fully saturated rings. The third-order valence-electron chi connectivity index (χ3n) is 4.69. The second-order valence-electron chi connectivity index (χ2n) is 5.99. The van der Waals surface area contributed by atoms with Crippen LogP contribution < -0.4 is 10.6 Å². The molecule has 1 aliphatic heterocycles. The van der Waals surface area contributed by atoms with Gasteiger partial charge in [-0.05, 0) is 45.2 Å². The van der Waals surface area contributed by atoms with Crippen LogP contribution in [0.1, 0.15) is 48.6 Å². The fourth-order valence-electron chi connectivity index (χ4n) is 2.99. The van der Waals surface area contributed by atoms with Crippen molar-refractivity contribution < 1.29 is 9.53 Å². The van der Waals surface area contributed by atoms with Gasteiger partial charge in [0, 0.05) is 13.7 Å². The van der Waals surface area contributed by atoms with Crippen LogP contribution in [0.5, 0.6) is 0 Å². The second kappa shape index (κ2) is 6.11. The van der Waals surface area contributed by atoms with Gasteiger partial charge >= 0.3 is 0 Å². The molecule has 0 spiro atoms. The molecule has 3 rings (SSSR count). The number of carbonyl (C=O) groups is 1. The van der Waals surface area contributed by atoms with Gasteiger partial charge in [-0.3, -0.25) is 4.79 Å². The van der Waals surface area contributed by atoms with E-state index in [9.17, 15) is 4.79 Å². The maximum absolute atomic E-state index is 12.1. The minimum Gasteiger partial charge on any atom is -0.376 e. The molecule has 116 valence electrons. The Morgan fingerprint density at radius 3 is 2.90 bits per heavy atom. The summed E-state index contributed by atoms with van der Waals surface area (Å²) < 4.78 is 7.32. The number of hydrogen-bond donors (Lipinski definition) is 2. The molecule has 0 aromatic carbocycles. The molecule has 1 aromatic heterocycles. The lowest BCUT2D eigenvalue weighted by atomic mass is 9.80. The SMILES string of the molecule is COC1(CNC(=O)c2cn(C3CCNCC3)nn2)CCC1. The van der Waals surface area contributed by atoms with Crippen LogP contribution in [0.2, 0.25) is 0 Å². The Hall–Kier alpha value is -1.47. The molecule has 2 heterocycles. The van der Waals surface area contributed by atoms with E-state index < -0.39 is 0 Å². The molecule has 2 N–H and O–H groups in total. The van der Waals surface area contributed by atoms with Crippen LogP contribution in [0, 0.1) is 0 Å². The average Bonchev–Trinajstić information content (AvgIpc) is 2.97. The Kier molecular flexibility index (Phi) is 4.21. The zero-order valence-electron chi connectivity index (χ0n) is 12.5. The topological polar surface area (TPSA) is 81.1 Å². The van der Waals surface area contributed by atoms with E-state index in [1.54, 1.807) is 13.3 Å². The van der Waals surface area contributed by atoms with Gasteiger partial charge in [-0.2, -0.15) is 0 Å². The maximum Gasteiger partial charge on any atom is 0.273 e. The largest absolute Gasteiger partial charge is 0.376 e. The number of hydrogen-bond acceptors (Lipinski definition) is 5. The summed E-state index contributed by atoms with van der Waals surface area (Å²) in [4.78, 5) is 12.1. The van der Waals surface area contributed by atoms with Gasteiger partial charge in [0.15, 0.2) is 5.69 Å². The summed E-state index contributed by atoms with van der Waals surface area (Å²) in [5.41, 5.74) is 0.222. The van der Waals surface area contributed by atoms with E-state index in [-0.39, 0.29) is 11.5 Å².